The molecule has 2 aromatic rings. The van der Waals surface area contributed by atoms with E-state index in [9.17, 15) is 0 Å². The van der Waals surface area contributed by atoms with Crippen LogP contribution in [0.3, 0.4) is 0 Å². The Balaban J connectivity index is 1.71. The van der Waals surface area contributed by atoms with E-state index in [4.69, 9.17) is 9.97 Å². The van der Waals surface area contributed by atoms with Crippen LogP contribution >= 0.6 is 0 Å². The first-order chi connectivity index (χ1) is 11.7. The lowest BCUT2D eigenvalue weighted by Gasteiger charge is -2.26. The lowest BCUT2D eigenvalue weighted by molar-refractivity contribution is 0.726. The van der Waals surface area contributed by atoms with Gasteiger partial charge in [0, 0.05) is 36.6 Å². The van der Waals surface area contributed by atoms with Crippen LogP contribution in [0.1, 0.15) is 43.9 Å². The number of fused-ring (bicyclic) bond motifs is 1. The fourth-order valence-electron chi connectivity index (χ4n) is 3.98. The summed E-state index contributed by atoms with van der Waals surface area (Å²) in [5, 5.41) is 0. The monoisotopic (exact) mass is 322 g/mol. The van der Waals surface area contributed by atoms with Crippen molar-refractivity contribution >= 4 is 17.5 Å². The smallest absolute Gasteiger partial charge is 0.232 e. The molecule has 0 saturated carbocycles. The maximum atomic E-state index is 4.97. The second-order valence-corrected chi connectivity index (χ2v) is 7.12. The van der Waals surface area contributed by atoms with Gasteiger partial charge < -0.3 is 9.80 Å². The van der Waals surface area contributed by atoms with Crippen molar-refractivity contribution in [2.75, 3.05) is 22.9 Å². The molecule has 0 bridgehead atoms. The molecule has 1 atom stereocenters. The number of hydrogen-bond donors (Lipinski definition) is 0. The van der Waals surface area contributed by atoms with Crippen LogP contribution in [-0.2, 0) is 6.42 Å². The Morgan fingerprint density at radius 3 is 2.54 bits per heavy atom. The maximum absolute atomic E-state index is 4.97. The van der Waals surface area contributed by atoms with E-state index in [0.29, 0.717) is 6.04 Å². The van der Waals surface area contributed by atoms with Gasteiger partial charge >= 0.3 is 0 Å². The maximum Gasteiger partial charge on any atom is 0.232 e. The molecule has 2 aliphatic rings. The summed E-state index contributed by atoms with van der Waals surface area (Å²) in [6, 6.07) is 11.2. The predicted molar refractivity (Wildman–Crippen MR) is 99.2 cm³/mol. The zero-order valence-corrected chi connectivity index (χ0v) is 14.7. The lowest BCUT2D eigenvalue weighted by Crippen LogP contribution is -2.29. The Hall–Kier alpha value is -2.10. The summed E-state index contributed by atoms with van der Waals surface area (Å²) in [6.45, 7) is 6.57. The minimum Gasteiger partial charge on any atom is -0.356 e. The molecular weight excluding hydrogens is 296 g/mol. The van der Waals surface area contributed by atoms with E-state index in [1.807, 2.05) is 0 Å². The minimum absolute atomic E-state index is 0.404. The van der Waals surface area contributed by atoms with Crippen LogP contribution in [0, 0.1) is 6.92 Å². The van der Waals surface area contributed by atoms with Crippen molar-refractivity contribution in [3.05, 3.63) is 41.6 Å². The molecule has 0 aliphatic carbocycles. The van der Waals surface area contributed by atoms with Crippen molar-refractivity contribution in [2.45, 2.75) is 52.0 Å². The van der Waals surface area contributed by atoms with Crippen molar-refractivity contribution in [3.63, 3.8) is 0 Å². The summed E-state index contributed by atoms with van der Waals surface area (Å²) >= 11 is 0. The van der Waals surface area contributed by atoms with Crippen LogP contribution in [0.2, 0.25) is 0 Å². The first-order valence-electron chi connectivity index (χ1n) is 9.20. The number of hydrogen-bond acceptors (Lipinski definition) is 4. The Morgan fingerprint density at radius 2 is 1.75 bits per heavy atom. The Labute approximate surface area is 144 Å². The number of aromatic nitrogens is 2. The molecule has 1 aromatic carbocycles. The highest BCUT2D eigenvalue weighted by molar-refractivity contribution is 5.67. The zero-order chi connectivity index (χ0) is 16.5. The first kappa shape index (κ1) is 15.4. The normalized spacial score (nSPS) is 20.8. The molecule has 24 heavy (non-hydrogen) atoms. The summed E-state index contributed by atoms with van der Waals surface area (Å²) in [4.78, 5) is 14.5. The molecule has 1 aromatic heterocycles. The van der Waals surface area contributed by atoms with Crippen LogP contribution in [0.15, 0.2) is 30.3 Å². The summed E-state index contributed by atoms with van der Waals surface area (Å²) in [5.41, 5.74) is 3.71. The number of benzene rings is 1. The summed E-state index contributed by atoms with van der Waals surface area (Å²) in [7, 11) is 0. The van der Waals surface area contributed by atoms with Gasteiger partial charge in [-0.15, -0.1) is 0 Å². The number of rotatable bonds is 2. The van der Waals surface area contributed by atoms with Crippen molar-refractivity contribution in [1.29, 1.82) is 0 Å². The standard InChI is InChI=1S/C20H26N4/c1-15-13-19(23-11-7-3-4-8-12-23)22-20(21-15)24-16(2)14-17-9-5-6-10-18(17)24/h5-6,9-10,13,16H,3-4,7-8,11-12,14H2,1-2H3. The lowest BCUT2D eigenvalue weighted by atomic mass is 10.1. The summed E-state index contributed by atoms with van der Waals surface area (Å²) < 4.78 is 0. The average Bonchev–Trinajstić information content (AvgIpc) is 2.74. The Morgan fingerprint density at radius 1 is 1.00 bits per heavy atom. The van der Waals surface area contributed by atoms with Crippen molar-refractivity contribution in [2.24, 2.45) is 0 Å². The van der Waals surface area contributed by atoms with Gasteiger partial charge in [0.1, 0.15) is 5.82 Å². The third-order valence-corrected chi connectivity index (χ3v) is 5.18. The van der Waals surface area contributed by atoms with Crippen LogP contribution < -0.4 is 9.80 Å². The van der Waals surface area contributed by atoms with E-state index in [-0.39, 0.29) is 0 Å². The van der Waals surface area contributed by atoms with Crippen LogP contribution in [0.5, 0.6) is 0 Å². The van der Waals surface area contributed by atoms with Gasteiger partial charge in [0.15, 0.2) is 0 Å². The predicted octanol–water partition coefficient (Wildman–Crippen LogP) is 4.25. The number of anilines is 3. The quantitative estimate of drug-likeness (QED) is 0.827. The van der Waals surface area contributed by atoms with Gasteiger partial charge in [-0.1, -0.05) is 31.0 Å². The minimum atomic E-state index is 0.404. The molecule has 1 fully saturated rings. The molecule has 0 amide bonds. The van der Waals surface area contributed by atoms with Gasteiger partial charge in [-0.2, -0.15) is 4.98 Å². The van der Waals surface area contributed by atoms with E-state index in [1.165, 1.54) is 36.9 Å². The average molecular weight is 322 g/mol. The fraction of sp³-hybridized carbons (Fsp3) is 0.500. The highest BCUT2D eigenvalue weighted by Gasteiger charge is 2.29. The molecule has 0 radical (unpaired) electrons. The van der Waals surface area contributed by atoms with Gasteiger partial charge in [0.05, 0.1) is 0 Å². The highest BCUT2D eigenvalue weighted by Crippen LogP contribution is 2.37. The largest absolute Gasteiger partial charge is 0.356 e. The van der Waals surface area contributed by atoms with Gasteiger partial charge in [-0.3, -0.25) is 0 Å². The van der Waals surface area contributed by atoms with Gasteiger partial charge in [-0.05, 0) is 44.7 Å². The molecule has 1 unspecified atom stereocenters. The Bertz CT molecular complexity index is 719. The number of aryl methyl sites for hydroxylation is 1. The molecule has 4 nitrogen and oxygen atoms in total. The summed E-state index contributed by atoms with van der Waals surface area (Å²) in [5.74, 6) is 1.95. The van der Waals surface area contributed by atoms with E-state index >= 15 is 0 Å². The highest BCUT2D eigenvalue weighted by atomic mass is 15.3. The molecule has 0 N–H and O–H groups in total. The number of nitrogens with zero attached hydrogens (tertiary/aromatic N) is 4. The van der Waals surface area contributed by atoms with E-state index < -0.39 is 0 Å². The van der Waals surface area contributed by atoms with Gasteiger partial charge in [0.2, 0.25) is 5.95 Å². The van der Waals surface area contributed by atoms with E-state index in [2.05, 4.69) is 54.0 Å². The molecule has 2 aliphatic heterocycles. The SMILES string of the molecule is Cc1cc(N2CCCCCC2)nc(N2c3ccccc3CC2C)n1. The first-order valence-corrected chi connectivity index (χ1v) is 9.20. The van der Waals surface area contributed by atoms with Crippen LogP contribution in [-0.4, -0.2) is 29.1 Å². The van der Waals surface area contributed by atoms with Gasteiger partial charge in [-0.25, -0.2) is 4.98 Å². The summed E-state index contributed by atoms with van der Waals surface area (Å²) in [6.07, 6.45) is 6.27. The van der Waals surface area contributed by atoms with Crippen LogP contribution in [0.4, 0.5) is 17.5 Å². The molecule has 0 spiro atoms. The topological polar surface area (TPSA) is 32.3 Å². The Kier molecular flexibility index (Phi) is 4.13. The molecule has 126 valence electrons. The zero-order valence-electron chi connectivity index (χ0n) is 14.7. The van der Waals surface area contributed by atoms with Crippen molar-refractivity contribution in [3.8, 4) is 0 Å². The van der Waals surface area contributed by atoms with Crippen molar-refractivity contribution < 1.29 is 0 Å². The molecule has 1 saturated heterocycles. The molecule has 4 heteroatoms. The van der Waals surface area contributed by atoms with Crippen LogP contribution in [0.25, 0.3) is 0 Å². The van der Waals surface area contributed by atoms with Crippen molar-refractivity contribution in [1.82, 2.24) is 9.97 Å². The van der Waals surface area contributed by atoms with E-state index in [1.54, 1.807) is 0 Å². The molecular formula is C20H26N4. The third-order valence-electron chi connectivity index (χ3n) is 5.18. The third kappa shape index (κ3) is 2.85. The van der Waals surface area contributed by atoms with E-state index in [0.717, 1.165) is 37.0 Å². The second kappa shape index (κ2) is 6.42. The molecule has 4 rings (SSSR count). The number of para-hydroxylation sites is 1. The molecule has 3 heterocycles. The van der Waals surface area contributed by atoms with Gasteiger partial charge in [0.25, 0.3) is 0 Å². The second-order valence-electron chi connectivity index (χ2n) is 7.12. The fourth-order valence-corrected chi connectivity index (χ4v) is 3.98.